The molecule has 0 amide bonds. The van der Waals surface area contributed by atoms with E-state index in [1.807, 2.05) is 0 Å². The zero-order chi connectivity index (χ0) is 7.40. The molecule has 1 aliphatic carbocycles. The summed E-state index contributed by atoms with van der Waals surface area (Å²) in [7, 11) is 0. The van der Waals surface area contributed by atoms with E-state index in [9.17, 15) is 4.79 Å². The highest BCUT2D eigenvalue weighted by atomic mass is 16.1. The second-order valence-corrected chi connectivity index (χ2v) is 3.20. The summed E-state index contributed by atoms with van der Waals surface area (Å²) in [6, 6.07) is 0. The first-order valence-electron chi connectivity index (χ1n) is 4.26. The van der Waals surface area contributed by atoms with Crippen LogP contribution in [-0.4, -0.2) is 6.29 Å². The van der Waals surface area contributed by atoms with Crippen LogP contribution in [0.25, 0.3) is 0 Å². The highest BCUT2D eigenvalue weighted by Gasteiger charge is 2.30. The zero-order valence-corrected chi connectivity index (χ0v) is 6.60. The van der Waals surface area contributed by atoms with Gasteiger partial charge in [0.15, 0.2) is 0 Å². The van der Waals surface area contributed by atoms with E-state index < -0.39 is 0 Å². The summed E-state index contributed by atoms with van der Waals surface area (Å²) in [6.45, 7) is 2.16. The largest absolute Gasteiger partial charge is 0.291 e. The second-order valence-electron chi connectivity index (χ2n) is 3.20. The minimum Gasteiger partial charge on any atom is -0.291 e. The van der Waals surface area contributed by atoms with Crippen molar-refractivity contribution in [2.24, 2.45) is 11.8 Å². The molecule has 0 aromatic carbocycles. The third kappa shape index (κ3) is 2.13. The van der Waals surface area contributed by atoms with Crippen LogP contribution in [0, 0.1) is 11.8 Å². The molecule has 1 heteroatoms. The van der Waals surface area contributed by atoms with Crippen LogP contribution < -0.4 is 0 Å². The molecule has 10 heavy (non-hydrogen) atoms. The van der Waals surface area contributed by atoms with Gasteiger partial charge in [-0.25, -0.2) is 0 Å². The number of carbonyl (C=O) groups excluding carboxylic acids is 1. The van der Waals surface area contributed by atoms with Gasteiger partial charge < -0.3 is 0 Å². The average Bonchev–Trinajstić information content (AvgIpc) is 2.73. The normalized spacial score (nSPS) is 20.5. The Kier molecular flexibility index (Phi) is 2.91. The van der Waals surface area contributed by atoms with E-state index >= 15 is 0 Å². The number of rotatable bonds is 5. The molecule has 0 aromatic heterocycles. The van der Waals surface area contributed by atoms with Crippen molar-refractivity contribution in [3.05, 3.63) is 0 Å². The number of unbranched alkanes of at least 4 members (excludes halogenated alkanes) is 1. The Balaban J connectivity index is 2.12. The second kappa shape index (κ2) is 3.75. The van der Waals surface area contributed by atoms with Crippen molar-refractivity contribution in [2.75, 3.05) is 0 Å². The molecule has 0 heterocycles. The Bertz CT molecular complexity index is 105. The maximum atomic E-state index is 10.4. The molecule has 0 spiro atoms. The molecule has 1 radical (unpaired) electrons. The summed E-state index contributed by atoms with van der Waals surface area (Å²) in [5, 5.41) is 0. The minimum absolute atomic E-state index is 0.278. The van der Waals surface area contributed by atoms with Crippen LogP contribution in [0.3, 0.4) is 0 Å². The van der Waals surface area contributed by atoms with Gasteiger partial charge >= 0.3 is 0 Å². The molecule has 1 nitrogen and oxygen atoms in total. The third-order valence-electron chi connectivity index (χ3n) is 2.21. The molecule has 1 aliphatic rings. The van der Waals surface area contributed by atoms with E-state index in [1.165, 1.54) is 25.7 Å². The first kappa shape index (κ1) is 7.77. The Labute approximate surface area is 62.8 Å². The topological polar surface area (TPSA) is 17.1 Å². The molecule has 0 aliphatic heterocycles. The third-order valence-corrected chi connectivity index (χ3v) is 2.21. The molecule has 0 N–H and O–H groups in total. The van der Waals surface area contributed by atoms with Crippen molar-refractivity contribution >= 4 is 6.29 Å². The molecule has 1 fully saturated rings. The summed E-state index contributed by atoms with van der Waals surface area (Å²) < 4.78 is 0. The molecule has 1 unspecified atom stereocenters. The Hall–Kier alpha value is -0.330. The SMILES string of the molecule is CCCCC([C]=O)C1CC1. The van der Waals surface area contributed by atoms with Crippen LogP contribution in [0.1, 0.15) is 39.0 Å². The molecule has 0 bridgehead atoms. The van der Waals surface area contributed by atoms with E-state index in [2.05, 4.69) is 13.2 Å². The Morgan fingerprint density at radius 2 is 2.30 bits per heavy atom. The lowest BCUT2D eigenvalue weighted by atomic mass is 9.99. The van der Waals surface area contributed by atoms with Gasteiger partial charge in [0.1, 0.15) is 0 Å². The van der Waals surface area contributed by atoms with Gasteiger partial charge in [0.2, 0.25) is 6.29 Å². The fourth-order valence-corrected chi connectivity index (χ4v) is 1.31. The number of hydrogen-bond donors (Lipinski definition) is 0. The fraction of sp³-hybridized carbons (Fsp3) is 0.889. The fourth-order valence-electron chi connectivity index (χ4n) is 1.31. The quantitative estimate of drug-likeness (QED) is 0.571. The van der Waals surface area contributed by atoms with E-state index in [0.29, 0.717) is 5.92 Å². The molecule has 1 rings (SSSR count). The average molecular weight is 139 g/mol. The highest BCUT2D eigenvalue weighted by Crippen LogP contribution is 2.37. The maximum absolute atomic E-state index is 10.4. The Morgan fingerprint density at radius 3 is 2.70 bits per heavy atom. The number of hydrogen-bond acceptors (Lipinski definition) is 1. The molecule has 1 atom stereocenters. The summed E-state index contributed by atoms with van der Waals surface area (Å²) in [5.74, 6) is 0.990. The van der Waals surface area contributed by atoms with Crippen LogP contribution in [-0.2, 0) is 4.79 Å². The standard InChI is InChI=1S/C9H15O/c1-2-3-4-9(7-10)8-5-6-8/h8-9H,2-6H2,1H3. The Morgan fingerprint density at radius 1 is 1.60 bits per heavy atom. The minimum atomic E-state index is 0.278. The predicted molar refractivity (Wildman–Crippen MR) is 41.4 cm³/mol. The van der Waals surface area contributed by atoms with E-state index in [4.69, 9.17) is 0 Å². The van der Waals surface area contributed by atoms with Crippen molar-refractivity contribution in [3.63, 3.8) is 0 Å². The van der Waals surface area contributed by atoms with Gasteiger partial charge in [0, 0.05) is 5.92 Å². The van der Waals surface area contributed by atoms with Gasteiger partial charge in [-0.2, -0.15) is 0 Å². The van der Waals surface area contributed by atoms with Crippen LogP contribution in [0.2, 0.25) is 0 Å². The lowest BCUT2D eigenvalue weighted by molar-refractivity contribution is 0.468. The van der Waals surface area contributed by atoms with Gasteiger partial charge in [-0.3, -0.25) is 4.79 Å². The smallest absolute Gasteiger partial charge is 0.202 e. The maximum Gasteiger partial charge on any atom is 0.202 e. The van der Waals surface area contributed by atoms with Crippen molar-refractivity contribution in [1.29, 1.82) is 0 Å². The summed E-state index contributed by atoms with van der Waals surface area (Å²) in [6.07, 6.45) is 8.15. The van der Waals surface area contributed by atoms with Gasteiger partial charge in [-0.1, -0.05) is 19.8 Å². The first-order valence-corrected chi connectivity index (χ1v) is 4.26. The molecule has 0 saturated heterocycles. The van der Waals surface area contributed by atoms with Crippen LogP contribution in [0.15, 0.2) is 0 Å². The van der Waals surface area contributed by atoms with E-state index in [1.54, 1.807) is 0 Å². The predicted octanol–water partition coefficient (Wildman–Crippen LogP) is 2.31. The molecular formula is C9H15O. The van der Waals surface area contributed by atoms with Gasteiger partial charge in [-0.05, 0) is 25.2 Å². The first-order chi connectivity index (χ1) is 4.88. The summed E-state index contributed by atoms with van der Waals surface area (Å²) >= 11 is 0. The summed E-state index contributed by atoms with van der Waals surface area (Å²) in [4.78, 5) is 10.4. The summed E-state index contributed by atoms with van der Waals surface area (Å²) in [5.41, 5.74) is 0. The van der Waals surface area contributed by atoms with Crippen molar-refractivity contribution in [3.8, 4) is 0 Å². The lowest BCUT2D eigenvalue weighted by Gasteiger charge is -2.04. The van der Waals surface area contributed by atoms with E-state index in [0.717, 1.165) is 6.42 Å². The van der Waals surface area contributed by atoms with Crippen LogP contribution in [0.5, 0.6) is 0 Å². The molecule has 1 saturated carbocycles. The zero-order valence-electron chi connectivity index (χ0n) is 6.60. The highest BCUT2D eigenvalue weighted by molar-refractivity contribution is 5.55. The van der Waals surface area contributed by atoms with Crippen LogP contribution >= 0.6 is 0 Å². The molecule has 0 aromatic rings. The van der Waals surface area contributed by atoms with E-state index in [-0.39, 0.29) is 5.92 Å². The lowest BCUT2D eigenvalue weighted by Crippen LogP contribution is -2.03. The van der Waals surface area contributed by atoms with Crippen LogP contribution in [0.4, 0.5) is 0 Å². The van der Waals surface area contributed by atoms with Crippen molar-refractivity contribution in [1.82, 2.24) is 0 Å². The van der Waals surface area contributed by atoms with Gasteiger partial charge in [-0.15, -0.1) is 0 Å². The van der Waals surface area contributed by atoms with Crippen molar-refractivity contribution in [2.45, 2.75) is 39.0 Å². The molecule has 57 valence electrons. The van der Waals surface area contributed by atoms with Gasteiger partial charge in [0.25, 0.3) is 0 Å². The monoisotopic (exact) mass is 139 g/mol. The molecular weight excluding hydrogens is 124 g/mol. The van der Waals surface area contributed by atoms with Gasteiger partial charge in [0.05, 0.1) is 0 Å². The van der Waals surface area contributed by atoms with Crippen molar-refractivity contribution < 1.29 is 4.79 Å².